The molecule has 0 bridgehead atoms. The lowest BCUT2D eigenvalue weighted by Crippen LogP contribution is -2.37. The molecule has 1 fully saturated rings. The molecule has 1 saturated heterocycles. The highest BCUT2D eigenvalue weighted by Gasteiger charge is 2.16. The van der Waals surface area contributed by atoms with E-state index in [1.54, 1.807) is 6.21 Å². The first-order chi connectivity index (χ1) is 7.36. The highest BCUT2D eigenvalue weighted by molar-refractivity contribution is 5.83. The number of carbonyl (C=O) groups is 1. The van der Waals surface area contributed by atoms with Gasteiger partial charge in [0.15, 0.2) is 0 Å². The summed E-state index contributed by atoms with van der Waals surface area (Å²) in [4.78, 5) is 11.3. The first-order valence-corrected chi connectivity index (χ1v) is 4.83. The highest BCUT2D eigenvalue weighted by Crippen LogP contribution is 2.00. The number of hydrogen-bond donors (Lipinski definition) is 0. The normalized spacial score (nSPS) is 17.3. The second-order valence-electron chi connectivity index (χ2n) is 3.22. The summed E-state index contributed by atoms with van der Waals surface area (Å²) in [6.07, 6.45) is 1.68. The molecule has 1 aliphatic heterocycles. The Bertz CT molecular complexity index is 362. The number of morpholine rings is 1. The summed E-state index contributed by atoms with van der Waals surface area (Å²) in [6.45, 7) is 1.21. The quantitative estimate of drug-likeness (QED) is 0.671. The Morgan fingerprint density at radius 2 is 2.13 bits per heavy atom. The van der Waals surface area contributed by atoms with E-state index in [2.05, 4.69) is 5.10 Å². The minimum absolute atomic E-state index is 0.0894. The average Bonchev–Trinajstić information content (AvgIpc) is 2.29. The van der Waals surface area contributed by atoms with E-state index in [9.17, 15) is 4.79 Å². The van der Waals surface area contributed by atoms with Gasteiger partial charge in [0, 0.05) is 0 Å². The van der Waals surface area contributed by atoms with Gasteiger partial charge in [-0.2, -0.15) is 5.10 Å². The first kappa shape index (κ1) is 9.86. The van der Waals surface area contributed by atoms with Crippen LogP contribution in [0.2, 0.25) is 0 Å². The minimum atomic E-state index is -0.0894. The number of nitrogens with zero attached hydrogens (tertiary/aromatic N) is 2. The summed E-state index contributed by atoms with van der Waals surface area (Å²) < 4.78 is 5.00. The molecule has 0 aromatic heterocycles. The molecule has 1 aromatic rings. The Balaban J connectivity index is 2.01. The molecule has 15 heavy (non-hydrogen) atoms. The van der Waals surface area contributed by atoms with Crippen LogP contribution in [0.5, 0.6) is 0 Å². The largest absolute Gasteiger partial charge is 0.370 e. The lowest BCUT2D eigenvalue weighted by Gasteiger charge is -2.21. The Hall–Kier alpha value is -1.68. The predicted molar refractivity (Wildman–Crippen MR) is 56.6 cm³/mol. The number of carbonyl (C=O) groups excluding carboxylic acids is 1. The summed E-state index contributed by atoms with van der Waals surface area (Å²) in [5.74, 6) is -0.0894. The van der Waals surface area contributed by atoms with Gasteiger partial charge in [0.1, 0.15) is 6.61 Å². The van der Waals surface area contributed by atoms with Crippen molar-refractivity contribution < 1.29 is 9.53 Å². The molecular formula is C11H12N2O2. The van der Waals surface area contributed by atoms with Crippen molar-refractivity contribution in [1.29, 1.82) is 0 Å². The molecule has 4 heteroatoms. The Morgan fingerprint density at radius 1 is 1.33 bits per heavy atom. The van der Waals surface area contributed by atoms with Gasteiger partial charge in [0.2, 0.25) is 0 Å². The number of hydrogen-bond acceptors (Lipinski definition) is 3. The summed E-state index contributed by atoms with van der Waals surface area (Å²) in [7, 11) is 0. The lowest BCUT2D eigenvalue weighted by atomic mass is 10.2. The van der Waals surface area contributed by atoms with Crippen molar-refractivity contribution in [1.82, 2.24) is 5.01 Å². The molecule has 0 aliphatic carbocycles. The van der Waals surface area contributed by atoms with Crippen LogP contribution in [0, 0.1) is 0 Å². The molecule has 4 nitrogen and oxygen atoms in total. The molecule has 1 amide bonds. The van der Waals surface area contributed by atoms with Gasteiger partial charge in [-0.1, -0.05) is 30.3 Å². The van der Waals surface area contributed by atoms with Gasteiger partial charge in [-0.25, -0.2) is 5.01 Å². The molecule has 0 spiro atoms. The van der Waals surface area contributed by atoms with E-state index in [-0.39, 0.29) is 12.5 Å². The van der Waals surface area contributed by atoms with Crippen LogP contribution in [0.3, 0.4) is 0 Å². The van der Waals surface area contributed by atoms with Gasteiger partial charge in [-0.3, -0.25) is 4.79 Å². The van der Waals surface area contributed by atoms with Gasteiger partial charge < -0.3 is 4.74 Å². The summed E-state index contributed by atoms with van der Waals surface area (Å²) >= 11 is 0. The second-order valence-corrected chi connectivity index (χ2v) is 3.22. The smallest absolute Gasteiger partial charge is 0.268 e. The zero-order valence-electron chi connectivity index (χ0n) is 8.30. The third-order valence-electron chi connectivity index (χ3n) is 2.11. The fourth-order valence-corrected chi connectivity index (χ4v) is 1.31. The second kappa shape index (κ2) is 4.70. The number of rotatable bonds is 2. The molecule has 1 aliphatic rings. The molecule has 1 aromatic carbocycles. The number of ether oxygens (including phenoxy) is 1. The van der Waals surface area contributed by atoms with Gasteiger partial charge in [-0.15, -0.1) is 0 Å². The van der Waals surface area contributed by atoms with Crippen molar-refractivity contribution in [3.8, 4) is 0 Å². The average molecular weight is 204 g/mol. The third kappa shape index (κ3) is 2.63. The third-order valence-corrected chi connectivity index (χ3v) is 2.11. The van der Waals surface area contributed by atoms with Crippen molar-refractivity contribution in [3.63, 3.8) is 0 Å². The maximum Gasteiger partial charge on any atom is 0.268 e. The van der Waals surface area contributed by atoms with E-state index in [1.165, 1.54) is 5.01 Å². The Labute approximate surface area is 88.2 Å². The zero-order valence-corrected chi connectivity index (χ0v) is 8.30. The molecule has 0 unspecified atom stereocenters. The van der Waals surface area contributed by atoms with Crippen molar-refractivity contribution in [3.05, 3.63) is 35.9 Å². The van der Waals surface area contributed by atoms with Crippen molar-refractivity contribution in [2.45, 2.75) is 0 Å². The summed E-state index contributed by atoms with van der Waals surface area (Å²) in [5.41, 5.74) is 0.983. The van der Waals surface area contributed by atoms with Crippen LogP contribution in [0.1, 0.15) is 5.56 Å². The lowest BCUT2D eigenvalue weighted by molar-refractivity contribution is -0.142. The number of amides is 1. The van der Waals surface area contributed by atoms with Crippen molar-refractivity contribution in [2.24, 2.45) is 5.10 Å². The standard InChI is InChI=1S/C11H12N2O2/c14-11-9-15-7-6-13(11)12-8-10-4-2-1-3-5-10/h1-5,8H,6-7,9H2. The van der Waals surface area contributed by atoms with Gasteiger partial charge in [-0.05, 0) is 5.56 Å². The van der Waals surface area contributed by atoms with Crippen LogP contribution in [0.25, 0.3) is 0 Å². The van der Waals surface area contributed by atoms with E-state index in [0.717, 1.165) is 5.56 Å². The Morgan fingerprint density at radius 3 is 2.87 bits per heavy atom. The predicted octanol–water partition coefficient (Wildman–Crippen LogP) is 0.879. The Kier molecular flexibility index (Phi) is 3.09. The van der Waals surface area contributed by atoms with E-state index in [4.69, 9.17) is 4.74 Å². The SMILES string of the molecule is O=C1COCCN1N=Cc1ccccc1. The van der Waals surface area contributed by atoms with E-state index in [1.807, 2.05) is 30.3 Å². The maximum absolute atomic E-state index is 11.3. The van der Waals surface area contributed by atoms with Crippen molar-refractivity contribution in [2.75, 3.05) is 19.8 Å². The fraction of sp³-hybridized carbons (Fsp3) is 0.273. The van der Waals surface area contributed by atoms with Crippen LogP contribution in [-0.2, 0) is 9.53 Å². The van der Waals surface area contributed by atoms with Crippen LogP contribution in [0.15, 0.2) is 35.4 Å². The summed E-state index contributed by atoms with van der Waals surface area (Å²) in [5, 5.41) is 5.55. The molecule has 0 N–H and O–H groups in total. The minimum Gasteiger partial charge on any atom is -0.370 e. The van der Waals surface area contributed by atoms with E-state index in [0.29, 0.717) is 13.2 Å². The topological polar surface area (TPSA) is 41.9 Å². The van der Waals surface area contributed by atoms with Gasteiger partial charge >= 0.3 is 0 Å². The molecular weight excluding hydrogens is 192 g/mol. The molecule has 1 heterocycles. The highest BCUT2D eigenvalue weighted by atomic mass is 16.5. The van der Waals surface area contributed by atoms with Gasteiger partial charge in [0.05, 0.1) is 19.4 Å². The van der Waals surface area contributed by atoms with Crippen LogP contribution < -0.4 is 0 Å². The van der Waals surface area contributed by atoms with Crippen LogP contribution in [-0.4, -0.2) is 36.9 Å². The summed E-state index contributed by atoms with van der Waals surface area (Å²) in [6, 6.07) is 9.69. The first-order valence-electron chi connectivity index (χ1n) is 4.83. The molecule has 0 radical (unpaired) electrons. The monoisotopic (exact) mass is 204 g/mol. The van der Waals surface area contributed by atoms with Crippen LogP contribution >= 0.6 is 0 Å². The van der Waals surface area contributed by atoms with E-state index >= 15 is 0 Å². The molecule has 2 rings (SSSR count). The number of hydrazone groups is 1. The molecule has 0 atom stereocenters. The van der Waals surface area contributed by atoms with Crippen LogP contribution in [0.4, 0.5) is 0 Å². The fourth-order valence-electron chi connectivity index (χ4n) is 1.31. The van der Waals surface area contributed by atoms with E-state index < -0.39 is 0 Å². The van der Waals surface area contributed by atoms with Gasteiger partial charge in [0.25, 0.3) is 5.91 Å². The number of benzene rings is 1. The molecule has 78 valence electrons. The maximum atomic E-state index is 11.3. The van der Waals surface area contributed by atoms with Crippen molar-refractivity contribution >= 4 is 12.1 Å². The zero-order chi connectivity index (χ0) is 10.5. The molecule has 0 saturated carbocycles.